The standard InChI is InChI=1S/C34H35N3O/c1-26-12-7-8-15-30(26)25-37-32-17-10-9-16-31(32)36-33(37)18-6-3-11-23-35-34(38)24-27-19-21-29(22-20-27)28-13-4-2-5-14-28/h2,4-5,7-10,12-17,19-22H,3,6,11,18,23-25H2,1H3,(H,35,38). The number of nitrogens with zero attached hydrogens (tertiary/aromatic N) is 2. The summed E-state index contributed by atoms with van der Waals surface area (Å²) in [4.78, 5) is 17.4. The molecule has 0 unspecified atom stereocenters. The Labute approximate surface area is 225 Å². The third-order valence-corrected chi connectivity index (χ3v) is 7.15. The monoisotopic (exact) mass is 501 g/mol. The summed E-state index contributed by atoms with van der Waals surface area (Å²) < 4.78 is 2.36. The van der Waals surface area contributed by atoms with Crippen molar-refractivity contribution in [1.82, 2.24) is 14.9 Å². The first-order valence-electron chi connectivity index (χ1n) is 13.6. The molecule has 0 spiro atoms. The highest BCUT2D eigenvalue weighted by molar-refractivity contribution is 5.79. The third-order valence-electron chi connectivity index (χ3n) is 7.15. The molecule has 0 radical (unpaired) electrons. The van der Waals surface area contributed by atoms with E-state index in [9.17, 15) is 4.79 Å². The van der Waals surface area contributed by atoms with Crippen molar-refractivity contribution >= 4 is 16.9 Å². The summed E-state index contributed by atoms with van der Waals surface area (Å²) in [6.07, 6.45) is 4.42. The van der Waals surface area contributed by atoms with Gasteiger partial charge in [0.25, 0.3) is 0 Å². The SMILES string of the molecule is Cc1ccccc1Cn1c(CCCCCNC(=O)Cc2ccc(-c3ccccc3)cc2)nc2ccccc21. The molecule has 1 heterocycles. The van der Waals surface area contributed by atoms with Crippen molar-refractivity contribution in [3.05, 3.63) is 126 Å². The number of imidazole rings is 1. The second-order valence-corrected chi connectivity index (χ2v) is 9.93. The molecule has 5 aromatic rings. The Bertz CT molecular complexity index is 1490. The van der Waals surface area contributed by atoms with Crippen molar-refractivity contribution in [2.24, 2.45) is 0 Å². The average molecular weight is 502 g/mol. The zero-order valence-corrected chi connectivity index (χ0v) is 22.1. The number of rotatable bonds is 11. The molecule has 1 amide bonds. The summed E-state index contributed by atoms with van der Waals surface area (Å²) in [6.45, 7) is 3.72. The van der Waals surface area contributed by atoms with Crippen molar-refractivity contribution in [1.29, 1.82) is 0 Å². The zero-order chi connectivity index (χ0) is 26.2. The zero-order valence-electron chi connectivity index (χ0n) is 22.1. The largest absolute Gasteiger partial charge is 0.356 e. The molecule has 0 aliphatic carbocycles. The predicted molar refractivity (Wildman–Crippen MR) is 156 cm³/mol. The van der Waals surface area contributed by atoms with Crippen LogP contribution in [0.25, 0.3) is 22.2 Å². The molecule has 0 saturated heterocycles. The van der Waals surface area contributed by atoms with Crippen LogP contribution in [0.1, 0.15) is 41.8 Å². The van der Waals surface area contributed by atoms with Crippen LogP contribution in [0.15, 0.2) is 103 Å². The highest BCUT2D eigenvalue weighted by atomic mass is 16.1. The van der Waals surface area contributed by atoms with Gasteiger partial charge in [-0.3, -0.25) is 4.79 Å². The van der Waals surface area contributed by atoms with Crippen LogP contribution in [0.2, 0.25) is 0 Å². The van der Waals surface area contributed by atoms with Gasteiger partial charge in [-0.2, -0.15) is 0 Å². The minimum atomic E-state index is 0.0810. The fourth-order valence-corrected chi connectivity index (χ4v) is 4.96. The van der Waals surface area contributed by atoms with Gasteiger partial charge in [0, 0.05) is 19.5 Å². The minimum absolute atomic E-state index is 0.0810. The summed E-state index contributed by atoms with van der Waals surface area (Å²) in [5, 5.41) is 3.09. The van der Waals surface area contributed by atoms with Crippen LogP contribution in [0.5, 0.6) is 0 Å². The number of unbranched alkanes of at least 4 members (excludes halogenated alkanes) is 2. The maximum atomic E-state index is 12.4. The number of nitrogens with one attached hydrogen (secondary N) is 1. The van der Waals surface area contributed by atoms with Crippen molar-refractivity contribution in [2.75, 3.05) is 6.54 Å². The Hall–Kier alpha value is -4.18. The van der Waals surface area contributed by atoms with Crippen LogP contribution in [0.4, 0.5) is 0 Å². The maximum Gasteiger partial charge on any atom is 0.224 e. The lowest BCUT2D eigenvalue weighted by Crippen LogP contribution is -2.26. The van der Waals surface area contributed by atoms with Crippen LogP contribution in [-0.2, 0) is 24.2 Å². The second kappa shape index (κ2) is 12.4. The first-order valence-corrected chi connectivity index (χ1v) is 13.6. The third kappa shape index (κ3) is 6.38. The van der Waals surface area contributed by atoms with Crippen LogP contribution >= 0.6 is 0 Å². The van der Waals surface area contributed by atoms with Crippen LogP contribution in [0, 0.1) is 6.92 Å². The van der Waals surface area contributed by atoms with E-state index in [0.29, 0.717) is 13.0 Å². The second-order valence-electron chi connectivity index (χ2n) is 9.93. The number of amides is 1. The number of benzene rings is 4. The number of carbonyl (C=O) groups is 1. The number of carbonyl (C=O) groups excluding carboxylic acids is 1. The Morgan fingerprint density at radius 2 is 1.47 bits per heavy atom. The maximum absolute atomic E-state index is 12.4. The molecule has 0 fully saturated rings. The fourth-order valence-electron chi connectivity index (χ4n) is 4.96. The van der Waals surface area contributed by atoms with Gasteiger partial charge in [0.15, 0.2) is 0 Å². The molecule has 5 rings (SSSR count). The Balaban J connectivity index is 1.08. The number of aromatic nitrogens is 2. The molecule has 4 nitrogen and oxygen atoms in total. The molecule has 38 heavy (non-hydrogen) atoms. The summed E-state index contributed by atoms with van der Waals surface area (Å²) in [6, 6.07) is 35.5. The summed E-state index contributed by atoms with van der Waals surface area (Å²) in [7, 11) is 0. The normalized spacial score (nSPS) is 11.1. The van der Waals surface area contributed by atoms with Crippen molar-refractivity contribution in [3.63, 3.8) is 0 Å². The average Bonchev–Trinajstić information content (AvgIpc) is 3.30. The van der Waals surface area contributed by atoms with E-state index in [1.54, 1.807) is 0 Å². The lowest BCUT2D eigenvalue weighted by atomic mass is 10.0. The number of para-hydroxylation sites is 2. The van der Waals surface area contributed by atoms with E-state index in [1.165, 1.54) is 27.8 Å². The van der Waals surface area contributed by atoms with Gasteiger partial charge in [-0.1, -0.05) is 97.4 Å². The predicted octanol–water partition coefficient (Wildman–Crippen LogP) is 7.13. The topological polar surface area (TPSA) is 46.9 Å². The molecule has 1 aromatic heterocycles. The molecular formula is C34H35N3O. The molecule has 0 atom stereocenters. The fraction of sp³-hybridized carbons (Fsp3) is 0.235. The Morgan fingerprint density at radius 3 is 2.29 bits per heavy atom. The van der Waals surface area contributed by atoms with Gasteiger partial charge >= 0.3 is 0 Å². The molecule has 0 aliphatic heterocycles. The van der Waals surface area contributed by atoms with E-state index >= 15 is 0 Å². The first-order chi connectivity index (χ1) is 18.7. The summed E-state index contributed by atoms with van der Waals surface area (Å²) >= 11 is 0. The van der Waals surface area contributed by atoms with Crippen molar-refractivity contribution in [3.8, 4) is 11.1 Å². The molecule has 0 bridgehead atoms. The minimum Gasteiger partial charge on any atom is -0.356 e. The molecule has 192 valence electrons. The van der Waals surface area contributed by atoms with E-state index in [-0.39, 0.29) is 5.91 Å². The van der Waals surface area contributed by atoms with Crippen LogP contribution < -0.4 is 5.32 Å². The number of fused-ring (bicyclic) bond motifs is 1. The number of aryl methyl sites for hydroxylation is 2. The van der Waals surface area contributed by atoms with Gasteiger partial charge in [0.2, 0.25) is 5.91 Å². The summed E-state index contributed by atoms with van der Waals surface area (Å²) in [5.41, 5.74) is 8.27. The summed E-state index contributed by atoms with van der Waals surface area (Å²) in [5.74, 6) is 1.22. The van der Waals surface area contributed by atoms with Gasteiger partial charge in [-0.25, -0.2) is 4.98 Å². The van der Waals surface area contributed by atoms with E-state index in [2.05, 4.69) is 89.6 Å². The highest BCUT2D eigenvalue weighted by Gasteiger charge is 2.12. The van der Waals surface area contributed by atoms with Crippen LogP contribution in [-0.4, -0.2) is 22.0 Å². The van der Waals surface area contributed by atoms with Gasteiger partial charge < -0.3 is 9.88 Å². The molecule has 0 aliphatic rings. The van der Waals surface area contributed by atoms with Crippen molar-refractivity contribution < 1.29 is 4.79 Å². The Morgan fingerprint density at radius 1 is 0.763 bits per heavy atom. The van der Waals surface area contributed by atoms with Crippen molar-refractivity contribution in [2.45, 2.75) is 45.6 Å². The first kappa shape index (κ1) is 25.5. The molecule has 1 N–H and O–H groups in total. The van der Waals surface area contributed by atoms with Gasteiger partial charge in [-0.15, -0.1) is 0 Å². The van der Waals surface area contributed by atoms with E-state index in [1.807, 2.05) is 30.3 Å². The number of hydrogen-bond donors (Lipinski definition) is 1. The van der Waals surface area contributed by atoms with Crippen LogP contribution in [0.3, 0.4) is 0 Å². The van der Waals surface area contributed by atoms with E-state index in [4.69, 9.17) is 4.98 Å². The Kier molecular flexibility index (Phi) is 8.29. The highest BCUT2D eigenvalue weighted by Crippen LogP contribution is 2.21. The van der Waals surface area contributed by atoms with Gasteiger partial charge in [0.05, 0.1) is 17.5 Å². The lowest BCUT2D eigenvalue weighted by Gasteiger charge is -2.12. The molecule has 4 aromatic carbocycles. The van der Waals surface area contributed by atoms with Gasteiger partial charge in [-0.05, 0) is 59.7 Å². The molecule has 4 heteroatoms. The lowest BCUT2D eigenvalue weighted by molar-refractivity contribution is -0.120. The smallest absolute Gasteiger partial charge is 0.224 e. The molecular weight excluding hydrogens is 466 g/mol. The van der Waals surface area contributed by atoms with E-state index in [0.717, 1.165) is 49.1 Å². The van der Waals surface area contributed by atoms with Gasteiger partial charge in [0.1, 0.15) is 5.82 Å². The quantitative estimate of drug-likeness (QED) is 0.196. The van der Waals surface area contributed by atoms with E-state index < -0.39 is 0 Å². The number of hydrogen-bond acceptors (Lipinski definition) is 2. The molecule has 0 saturated carbocycles.